The first-order chi connectivity index (χ1) is 7.25. The average Bonchev–Trinajstić information content (AvgIpc) is 2.09. The molecule has 0 aromatic heterocycles. The third-order valence-electron chi connectivity index (χ3n) is 1.34. The lowest BCUT2D eigenvalue weighted by Gasteiger charge is -2.02. The van der Waals surface area contributed by atoms with Crippen LogP contribution in [0.25, 0.3) is 0 Å². The molecule has 6 N–H and O–H groups in total. The van der Waals surface area contributed by atoms with E-state index in [0.29, 0.717) is 6.08 Å². The fourth-order valence-electron chi connectivity index (χ4n) is 0.802. The van der Waals surface area contributed by atoms with Crippen molar-refractivity contribution in [2.45, 2.75) is 0 Å². The highest BCUT2D eigenvalue weighted by Crippen LogP contribution is 2.09. The van der Waals surface area contributed by atoms with Crippen molar-refractivity contribution in [2.75, 3.05) is 0 Å². The molecule has 0 heterocycles. The smallest absolute Gasteiger partial charge is 0.336 e. The molecule has 0 aromatic rings. The minimum Gasteiger partial charge on any atom is -0.478 e. The topological polar surface area (TPSA) is 161 Å². The van der Waals surface area contributed by atoms with Gasteiger partial charge in [-0.15, -0.1) is 0 Å². The van der Waals surface area contributed by atoms with Crippen LogP contribution in [0.5, 0.6) is 0 Å². The molecule has 0 aliphatic carbocycles. The zero-order chi connectivity index (χ0) is 12.9. The maximum absolute atomic E-state index is 10.8. The van der Waals surface area contributed by atoms with Gasteiger partial charge in [0.25, 0.3) is 0 Å². The van der Waals surface area contributed by atoms with Crippen molar-refractivity contribution < 1.29 is 29.4 Å². The van der Waals surface area contributed by atoms with Gasteiger partial charge in [-0.3, -0.25) is 9.59 Å². The van der Waals surface area contributed by atoms with E-state index >= 15 is 0 Å². The first kappa shape index (κ1) is 13.4. The standard InChI is InChI=1S/C8H8N2O6/c9-5(11)1-4(8(15)16)3(7(10)14)2-6(12)13/h1-2H,(H2,9,11)(H2,10,14)(H,12,13)(H,15,16). The summed E-state index contributed by atoms with van der Waals surface area (Å²) in [6, 6.07) is 0. The summed E-state index contributed by atoms with van der Waals surface area (Å²) < 4.78 is 0. The summed E-state index contributed by atoms with van der Waals surface area (Å²) in [4.78, 5) is 42.2. The lowest BCUT2D eigenvalue weighted by Crippen LogP contribution is -2.22. The van der Waals surface area contributed by atoms with Gasteiger partial charge in [-0.1, -0.05) is 0 Å². The number of rotatable bonds is 5. The SMILES string of the molecule is NC(=O)C=C(C(=O)O)C(=CC(=O)O)C(N)=O. The molecule has 0 unspecified atom stereocenters. The van der Waals surface area contributed by atoms with Crippen LogP contribution in [0.4, 0.5) is 0 Å². The van der Waals surface area contributed by atoms with E-state index in [1.54, 1.807) is 0 Å². The molecular formula is C8H8N2O6. The van der Waals surface area contributed by atoms with E-state index in [0.717, 1.165) is 0 Å². The molecule has 0 aliphatic rings. The van der Waals surface area contributed by atoms with E-state index in [1.165, 1.54) is 0 Å². The Bertz CT molecular complexity index is 380. The van der Waals surface area contributed by atoms with Crippen LogP contribution in [0.2, 0.25) is 0 Å². The minimum atomic E-state index is -1.69. The second-order valence-electron chi connectivity index (χ2n) is 2.53. The number of amides is 2. The van der Waals surface area contributed by atoms with Crippen molar-refractivity contribution in [2.24, 2.45) is 11.5 Å². The fraction of sp³-hybridized carbons (Fsp3) is 0. The van der Waals surface area contributed by atoms with E-state index in [1.807, 2.05) is 0 Å². The van der Waals surface area contributed by atoms with E-state index in [2.05, 4.69) is 0 Å². The first-order valence-corrected chi connectivity index (χ1v) is 3.75. The van der Waals surface area contributed by atoms with Gasteiger partial charge in [-0.2, -0.15) is 0 Å². The number of hydrogen-bond acceptors (Lipinski definition) is 4. The molecule has 86 valence electrons. The van der Waals surface area contributed by atoms with E-state index < -0.39 is 34.9 Å². The van der Waals surface area contributed by atoms with Crippen molar-refractivity contribution in [3.8, 4) is 0 Å². The summed E-state index contributed by atoms with van der Waals surface area (Å²) in [6.45, 7) is 0. The zero-order valence-corrected chi connectivity index (χ0v) is 7.84. The summed E-state index contributed by atoms with van der Waals surface area (Å²) in [6.07, 6.45) is 0.688. The Morgan fingerprint density at radius 2 is 1.38 bits per heavy atom. The fourth-order valence-corrected chi connectivity index (χ4v) is 0.802. The molecule has 0 saturated carbocycles. The van der Waals surface area contributed by atoms with Crippen molar-refractivity contribution in [1.29, 1.82) is 0 Å². The molecule has 0 atom stereocenters. The maximum atomic E-state index is 10.8. The maximum Gasteiger partial charge on any atom is 0.336 e. The van der Waals surface area contributed by atoms with Gasteiger partial charge in [0.1, 0.15) is 0 Å². The summed E-state index contributed by atoms with van der Waals surface area (Å²) in [5.74, 6) is -5.71. The monoisotopic (exact) mass is 228 g/mol. The van der Waals surface area contributed by atoms with Gasteiger partial charge in [0, 0.05) is 12.2 Å². The highest BCUT2D eigenvalue weighted by molar-refractivity contribution is 6.13. The molecule has 8 heteroatoms. The largest absolute Gasteiger partial charge is 0.478 e. The van der Waals surface area contributed by atoms with Crippen molar-refractivity contribution >= 4 is 23.8 Å². The molecule has 0 saturated heterocycles. The highest BCUT2D eigenvalue weighted by Gasteiger charge is 2.20. The van der Waals surface area contributed by atoms with Gasteiger partial charge in [-0.25, -0.2) is 9.59 Å². The van der Waals surface area contributed by atoms with E-state index in [-0.39, 0.29) is 6.08 Å². The number of aliphatic carboxylic acids is 2. The van der Waals surface area contributed by atoms with Crippen LogP contribution in [0.15, 0.2) is 23.3 Å². The second kappa shape index (κ2) is 5.29. The molecule has 8 nitrogen and oxygen atoms in total. The average molecular weight is 228 g/mol. The Morgan fingerprint density at radius 1 is 0.875 bits per heavy atom. The molecule has 0 spiro atoms. The number of primary amides is 2. The Labute approximate surface area is 88.8 Å². The molecule has 0 bridgehead atoms. The lowest BCUT2D eigenvalue weighted by atomic mass is 10.0. The normalized spacial score (nSPS) is 12.0. The molecule has 0 aliphatic heterocycles. The van der Waals surface area contributed by atoms with Crippen LogP contribution in [0.1, 0.15) is 0 Å². The Balaban J connectivity index is 5.65. The number of nitrogens with two attached hydrogens (primary N) is 2. The van der Waals surface area contributed by atoms with Gasteiger partial charge in [0.15, 0.2) is 0 Å². The van der Waals surface area contributed by atoms with Crippen LogP contribution in [-0.4, -0.2) is 34.0 Å². The summed E-state index contributed by atoms with van der Waals surface area (Å²) in [5, 5.41) is 17.0. The molecule has 0 aromatic carbocycles. The molecule has 16 heavy (non-hydrogen) atoms. The number of carbonyl (C=O) groups excluding carboxylic acids is 2. The van der Waals surface area contributed by atoms with E-state index in [9.17, 15) is 19.2 Å². The number of carboxylic acids is 2. The third kappa shape index (κ3) is 4.05. The molecular weight excluding hydrogens is 220 g/mol. The van der Waals surface area contributed by atoms with Crippen molar-refractivity contribution in [1.82, 2.24) is 0 Å². The molecule has 2 amide bonds. The summed E-state index contributed by atoms with van der Waals surface area (Å²) in [5.41, 5.74) is 7.77. The Morgan fingerprint density at radius 3 is 1.62 bits per heavy atom. The van der Waals surface area contributed by atoms with Crippen molar-refractivity contribution in [3.63, 3.8) is 0 Å². The predicted octanol–water partition coefficient (Wildman–Crippen LogP) is -2.02. The number of carboxylic acid groups (broad SMARTS) is 2. The number of hydrogen-bond donors (Lipinski definition) is 4. The quantitative estimate of drug-likeness (QED) is 0.313. The lowest BCUT2D eigenvalue weighted by molar-refractivity contribution is -0.133. The first-order valence-electron chi connectivity index (χ1n) is 3.75. The zero-order valence-electron chi connectivity index (χ0n) is 7.84. The minimum absolute atomic E-state index is 0.283. The van der Waals surface area contributed by atoms with Crippen LogP contribution in [0.3, 0.4) is 0 Å². The summed E-state index contributed by atoms with van der Waals surface area (Å²) >= 11 is 0. The predicted molar refractivity (Wildman–Crippen MR) is 49.8 cm³/mol. The summed E-state index contributed by atoms with van der Waals surface area (Å²) in [7, 11) is 0. The van der Waals surface area contributed by atoms with Gasteiger partial charge in [0.05, 0.1) is 11.1 Å². The van der Waals surface area contributed by atoms with Gasteiger partial charge < -0.3 is 21.7 Å². The van der Waals surface area contributed by atoms with Crippen LogP contribution in [-0.2, 0) is 19.2 Å². The van der Waals surface area contributed by atoms with Gasteiger partial charge >= 0.3 is 11.9 Å². The molecule has 0 radical (unpaired) electrons. The molecule has 0 rings (SSSR count). The van der Waals surface area contributed by atoms with Gasteiger partial charge in [0.2, 0.25) is 11.8 Å². The van der Waals surface area contributed by atoms with Crippen molar-refractivity contribution in [3.05, 3.63) is 23.3 Å². The van der Waals surface area contributed by atoms with Crippen LogP contribution >= 0.6 is 0 Å². The number of carbonyl (C=O) groups is 4. The Kier molecular flexibility index (Phi) is 4.42. The van der Waals surface area contributed by atoms with E-state index in [4.69, 9.17) is 21.7 Å². The Hall–Kier alpha value is -2.64. The third-order valence-corrected chi connectivity index (χ3v) is 1.34. The molecule has 0 fully saturated rings. The second-order valence-corrected chi connectivity index (χ2v) is 2.53. The highest BCUT2D eigenvalue weighted by atomic mass is 16.4. The van der Waals surface area contributed by atoms with Crippen LogP contribution in [0, 0.1) is 0 Å². The van der Waals surface area contributed by atoms with Gasteiger partial charge in [-0.05, 0) is 0 Å². The van der Waals surface area contributed by atoms with Crippen LogP contribution < -0.4 is 11.5 Å².